The number of amides is 1. The van der Waals surface area contributed by atoms with Crippen molar-refractivity contribution in [1.29, 1.82) is 0 Å². The topological polar surface area (TPSA) is 121 Å². The number of ether oxygens (including phenoxy) is 1. The van der Waals surface area contributed by atoms with E-state index in [1.165, 1.54) is 12.1 Å². The Labute approximate surface area is 219 Å². The van der Waals surface area contributed by atoms with Crippen LogP contribution in [0.25, 0.3) is 22.0 Å². The van der Waals surface area contributed by atoms with Gasteiger partial charge in [-0.15, -0.1) is 0 Å². The summed E-state index contributed by atoms with van der Waals surface area (Å²) in [6.45, 7) is 2.09. The first-order valence-electron chi connectivity index (χ1n) is 12.0. The number of halogens is 2. The molecule has 0 fully saturated rings. The summed E-state index contributed by atoms with van der Waals surface area (Å²) in [5.74, 6) is -0.367. The summed E-state index contributed by atoms with van der Waals surface area (Å²) in [4.78, 5) is 16.5. The van der Waals surface area contributed by atoms with E-state index in [1.54, 1.807) is 42.6 Å². The van der Waals surface area contributed by atoms with Crippen LogP contribution < -0.4 is 15.8 Å². The first-order chi connectivity index (χ1) is 17.8. The smallest absolute Gasteiger partial charge is 0.255 e. The van der Waals surface area contributed by atoms with Crippen LogP contribution in [0, 0.1) is 5.82 Å². The number of aliphatic hydroxyl groups excluding tert-OH is 2. The van der Waals surface area contributed by atoms with Gasteiger partial charge in [-0.25, -0.2) is 4.39 Å². The number of hydrogen-bond acceptors (Lipinski definition) is 5. The van der Waals surface area contributed by atoms with Crippen LogP contribution in [0.15, 0.2) is 60.8 Å². The molecule has 1 unspecified atom stereocenters. The third-order valence-corrected chi connectivity index (χ3v) is 6.42. The molecule has 0 aliphatic rings. The number of nitrogens with one attached hydrogen (secondary N) is 2. The number of nitrogens with two attached hydrogens (primary N) is 1. The highest BCUT2D eigenvalue weighted by atomic mass is 35.5. The average molecular weight is 526 g/mol. The molecule has 1 aromatic heterocycles. The van der Waals surface area contributed by atoms with Gasteiger partial charge in [0.2, 0.25) is 0 Å². The highest BCUT2D eigenvalue weighted by Crippen LogP contribution is 2.31. The molecule has 0 spiro atoms. The van der Waals surface area contributed by atoms with E-state index in [-0.39, 0.29) is 12.4 Å². The fourth-order valence-electron chi connectivity index (χ4n) is 4.18. The molecular weight excluding hydrogens is 497 g/mol. The summed E-state index contributed by atoms with van der Waals surface area (Å²) in [6.07, 6.45) is 1.62. The molecule has 0 aliphatic carbocycles. The van der Waals surface area contributed by atoms with Crippen molar-refractivity contribution in [2.24, 2.45) is 5.73 Å². The molecule has 3 aromatic carbocycles. The minimum Gasteiger partial charge on any atom is -0.493 e. The fourth-order valence-corrected chi connectivity index (χ4v) is 4.47. The predicted molar refractivity (Wildman–Crippen MR) is 142 cm³/mol. The molecule has 9 heteroatoms. The molecule has 4 rings (SSSR count). The van der Waals surface area contributed by atoms with Crippen LogP contribution in [0.2, 0.25) is 5.02 Å². The summed E-state index contributed by atoms with van der Waals surface area (Å²) in [5.41, 5.74) is 9.23. The number of aliphatic hydroxyl groups is 2. The quantitative estimate of drug-likeness (QED) is 0.192. The van der Waals surface area contributed by atoms with Gasteiger partial charge in [-0.3, -0.25) is 4.79 Å². The van der Waals surface area contributed by atoms with E-state index in [0.29, 0.717) is 45.9 Å². The number of aromatic nitrogens is 1. The second-order valence-corrected chi connectivity index (χ2v) is 9.21. The normalized spacial score (nSPS) is 12.9. The third-order valence-electron chi connectivity index (χ3n) is 6.09. The number of hydrogen-bond donors (Lipinski definition) is 5. The maximum atomic E-state index is 13.8. The second kappa shape index (κ2) is 11.7. The third kappa shape index (κ3) is 6.11. The van der Waals surface area contributed by atoms with Crippen molar-refractivity contribution < 1.29 is 24.1 Å². The van der Waals surface area contributed by atoms with E-state index in [2.05, 4.69) is 10.3 Å². The van der Waals surface area contributed by atoms with E-state index in [1.807, 2.05) is 13.0 Å². The van der Waals surface area contributed by atoms with E-state index < -0.39 is 18.2 Å². The Kier molecular flexibility index (Phi) is 8.45. The number of fused-ring (bicyclic) bond motifs is 1. The number of aromatic amines is 1. The average Bonchev–Trinajstić information content (AvgIpc) is 3.28. The Hall–Kier alpha value is -3.43. The van der Waals surface area contributed by atoms with Gasteiger partial charge in [0.1, 0.15) is 17.8 Å². The zero-order valence-electron chi connectivity index (χ0n) is 20.3. The van der Waals surface area contributed by atoms with Crippen LogP contribution in [-0.2, 0) is 6.42 Å². The minimum absolute atomic E-state index is 0.299. The first-order valence-corrected chi connectivity index (χ1v) is 12.4. The lowest BCUT2D eigenvalue weighted by Crippen LogP contribution is -2.39. The Morgan fingerprint density at radius 1 is 1.16 bits per heavy atom. The summed E-state index contributed by atoms with van der Waals surface area (Å²) in [5, 5.41) is 23.6. The van der Waals surface area contributed by atoms with Gasteiger partial charge >= 0.3 is 0 Å². The van der Waals surface area contributed by atoms with Gasteiger partial charge in [0.15, 0.2) is 0 Å². The molecule has 37 heavy (non-hydrogen) atoms. The van der Waals surface area contributed by atoms with Crippen LogP contribution in [0.1, 0.15) is 41.1 Å². The molecule has 2 atom stereocenters. The van der Waals surface area contributed by atoms with E-state index in [4.69, 9.17) is 22.1 Å². The van der Waals surface area contributed by atoms with Crippen molar-refractivity contribution in [2.45, 2.75) is 32.0 Å². The van der Waals surface area contributed by atoms with Crippen molar-refractivity contribution in [1.82, 2.24) is 10.3 Å². The van der Waals surface area contributed by atoms with Crippen LogP contribution in [-0.4, -0.2) is 40.4 Å². The standard InChI is InChI=1S/C28H29ClFN3O4/c1-2-9-37-26-8-4-16(17-3-6-21(27(31)35)24(29)12-17)11-23(26)28(36)33-20(15-34)10-18-14-32-25-7-5-19(30)13-22(18)25/h3-8,11-14,20,27,32,34-35H,2,9-10,15,31H2,1H3,(H,33,36)/t20?,27-/m0/s1. The molecular formula is C28H29ClFN3O4. The van der Waals surface area contributed by atoms with Gasteiger partial charge in [-0.05, 0) is 65.9 Å². The highest BCUT2D eigenvalue weighted by Gasteiger charge is 2.20. The summed E-state index contributed by atoms with van der Waals surface area (Å²) >= 11 is 6.29. The number of carbonyl (C=O) groups excluding carboxylic acids is 1. The van der Waals surface area contributed by atoms with Gasteiger partial charge in [0, 0.05) is 27.7 Å². The van der Waals surface area contributed by atoms with Crippen molar-refractivity contribution >= 4 is 28.4 Å². The molecule has 194 valence electrons. The van der Waals surface area contributed by atoms with Gasteiger partial charge in [-0.1, -0.05) is 36.7 Å². The van der Waals surface area contributed by atoms with Gasteiger partial charge < -0.3 is 31.0 Å². The first kappa shape index (κ1) is 26.6. The maximum absolute atomic E-state index is 13.8. The van der Waals surface area contributed by atoms with Crippen LogP contribution in [0.4, 0.5) is 4.39 Å². The number of H-pyrrole nitrogens is 1. The lowest BCUT2D eigenvalue weighted by atomic mass is 9.99. The van der Waals surface area contributed by atoms with Crippen LogP contribution in [0.5, 0.6) is 5.75 Å². The summed E-state index contributed by atoms with van der Waals surface area (Å²) in [6, 6.07) is 14.1. The largest absolute Gasteiger partial charge is 0.493 e. The molecule has 4 aromatic rings. The Bertz CT molecular complexity index is 1410. The number of carbonyl (C=O) groups is 1. The Morgan fingerprint density at radius 2 is 1.92 bits per heavy atom. The Morgan fingerprint density at radius 3 is 2.62 bits per heavy atom. The van der Waals surface area contributed by atoms with Crippen molar-refractivity contribution in [3.63, 3.8) is 0 Å². The summed E-state index contributed by atoms with van der Waals surface area (Å²) in [7, 11) is 0. The lowest BCUT2D eigenvalue weighted by Gasteiger charge is -2.19. The fraction of sp³-hybridized carbons (Fsp3) is 0.250. The van der Waals surface area contributed by atoms with Crippen LogP contribution in [0.3, 0.4) is 0 Å². The lowest BCUT2D eigenvalue weighted by molar-refractivity contribution is 0.0912. The Balaban J connectivity index is 1.61. The molecule has 6 N–H and O–H groups in total. The van der Waals surface area contributed by atoms with Gasteiger partial charge in [0.25, 0.3) is 5.91 Å². The van der Waals surface area contributed by atoms with Crippen molar-refractivity contribution in [3.8, 4) is 16.9 Å². The second-order valence-electron chi connectivity index (χ2n) is 8.80. The monoisotopic (exact) mass is 525 g/mol. The molecule has 0 saturated carbocycles. The zero-order chi connectivity index (χ0) is 26.5. The molecule has 7 nitrogen and oxygen atoms in total. The van der Waals surface area contributed by atoms with Gasteiger partial charge in [-0.2, -0.15) is 0 Å². The van der Waals surface area contributed by atoms with Crippen molar-refractivity contribution in [3.05, 3.63) is 88.3 Å². The van der Waals surface area contributed by atoms with Crippen molar-refractivity contribution in [2.75, 3.05) is 13.2 Å². The molecule has 0 radical (unpaired) electrons. The zero-order valence-corrected chi connectivity index (χ0v) is 21.1. The van der Waals surface area contributed by atoms with Gasteiger partial charge in [0.05, 0.1) is 24.8 Å². The molecule has 0 aliphatic heterocycles. The SMILES string of the molecule is CCCOc1ccc(-c2ccc([C@@H](N)O)c(Cl)c2)cc1C(=O)NC(CO)Cc1c[nH]c2ccc(F)cc12. The highest BCUT2D eigenvalue weighted by molar-refractivity contribution is 6.31. The van der Waals surface area contributed by atoms with E-state index in [9.17, 15) is 19.4 Å². The maximum Gasteiger partial charge on any atom is 0.255 e. The van der Waals surface area contributed by atoms with Crippen LogP contribution >= 0.6 is 11.6 Å². The number of benzene rings is 3. The predicted octanol–water partition coefficient (Wildman–Crippen LogP) is 4.70. The summed E-state index contributed by atoms with van der Waals surface area (Å²) < 4.78 is 19.6. The van der Waals surface area contributed by atoms with E-state index >= 15 is 0 Å². The molecule has 1 heterocycles. The molecule has 0 bridgehead atoms. The molecule has 0 saturated heterocycles. The van der Waals surface area contributed by atoms with E-state index in [0.717, 1.165) is 23.1 Å². The number of rotatable bonds is 10. The minimum atomic E-state index is -1.20. The molecule has 1 amide bonds.